The number of hydrogen-bond donors (Lipinski definition) is 1. The molecule has 3 rings (SSSR count). The van der Waals surface area contributed by atoms with E-state index < -0.39 is 23.4 Å². The Morgan fingerprint density at radius 2 is 1.92 bits per heavy atom. The van der Waals surface area contributed by atoms with E-state index in [4.69, 9.17) is 9.84 Å². The lowest BCUT2D eigenvalue weighted by atomic mass is 10.1. The fourth-order valence-electron chi connectivity index (χ4n) is 2.23. The zero-order chi connectivity index (χ0) is 17.5. The lowest BCUT2D eigenvalue weighted by Gasteiger charge is -2.11. The number of alkyl halides is 3. The summed E-state index contributed by atoms with van der Waals surface area (Å²) in [5.41, 5.74) is -1.51. The molecule has 24 heavy (non-hydrogen) atoms. The Balaban J connectivity index is 2.27. The van der Waals surface area contributed by atoms with Crippen LogP contribution < -0.4 is 4.74 Å². The topological polar surface area (TPSA) is 76.7 Å². The number of benzene rings is 1. The zero-order valence-electron chi connectivity index (χ0n) is 12.2. The van der Waals surface area contributed by atoms with Crippen LogP contribution in [0, 0.1) is 0 Å². The predicted molar refractivity (Wildman–Crippen MR) is 76.9 cm³/mol. The number of methoxy groups -OCH3 is 1. The van der Waals surface area contributed by atoms with Gasteiger partial charge in [0.05, 0.1) is 19.0 Å². The number of nitrogens with zero attached hydrogens (tertiary/aromatic N) is 3. The number of aromatic carboxylic acids is 1. The molecule has 0 aliphatic rings. The van der Waals surface area contributed by atoms with Crippen LogP contribution in [0.2, 0.25) is 0 Å². The maximum atomic E-state index is 13.3. The predicted octanol–water partition coefficient (Wildman–Crippen LogP) is 3.12. The molecule has 0 spiro atoms. The molecule has 0 aliphatic carbocycles. The molecule has 2 heterocycles. The first-order chi connectivity index (χ1) is 11.3. The van der Waals surface area contributed by atoms with E-state index in [0.717, 1.165) is 12.3 Å². The zero-order valence-corrected chi connectivity index (χ0v) is 12.2. The van der Waals surface area contributed by atoms with Crippen molar-refractivity contribution in [3.05, 3.63) is 47.8 Å². The summed E-state index contributed by atoms with van der Waals surface area (Å²) in [5, 5.41) is 12.6. The van der Waals surface area contributed by atoms with E-state index in [1.165, 1.54) is 19.2 Å². The second-order valence-electron chi connectivity index (χ2n) is 4.85. The fourth-order valence-corrected chi connectivity index (χ4v) is 2.23. The number of carboxylic acids is 1. The molecule has 0 bridgehead atoms. The molecule has 0 saturated heterocycles. The molecule has 1 N–H and O–H groups in total. The van der Waals surface area contributed by atoms with Gasteiger partial charge in [0, 0.05) is 5.56 Å². The van der Waals surface area contributed by atoms with Gasteiger partial charge in [-0.25, -0.2) is 14.3 Å². The van der Waals surface area contributed by atoms with Crippen LogP contribution in [0.15, 0.2) is 36.5 Å². The molecule has 0 amide bonds. The average Bonchev–Trinajstić information content (AvgIpc) is 2.97. The van der Waals surface area contributed by atoms with Crippen molar-refractivity contribution in [1.29, 1.82) is 0 Å². The molecule has 6 nitrogen and oxygen atoms in total. The van der Waals surface area contributed by atoms with Gasteiger partial charge in [0.15, 0.2) is 11.3 Å². The van der Waals surface area contributed by atoms with Crippen molar-refractivity contribution >= 4 is 11.6 Å². The molecule has 0 radical (unpaired) electrons. The monoisotopic (exact) mass is 337 g/mol. The first-order valence-corrected chi connectivity index (χ1v) is 6.65. The van der Waals surface area contributed by atoms with Crippen molar-refractivity contribution in [2.24, 2.45) is 0 Å². The van der Waals surface area contributed by atoms with Crippen molar-refractivity contribution in [3.63, 3.8) is 0 Å². The van der Waals surface area contributed by atoms with Crippen LogP contribution >= 0.6 is 0 Å². The number of aromatic nitrogens is 3. The lowest BCUT2D eigenvalue weighted by molar-refractivity contribution is -0.142. The smallest absolute Gasteiger partial charge is 0.433 e. The Labute approximate surface area is 133 Å². The van der Waals surface area contributed by atoms with Gasteiger partial charge >= 0.3 is 12.1 Å². The van der Waals surface area contributed by atoms with E-state index in [9.17, 15) is 18.0 Å². The van der Waals surface area contributed by atoms with Crippen LogP contribution in [0.1, 0.15) is 16.1 Å². The third-order valence-electron chi connectivity index (χ3n) is 3.38. The summed E-state index contributed by atoms with van der Waals surface area (Å²) in [7, 11) is 1.46. The van der Waals surface area contributed by atoms with Crippen LogP contribution in [0.25, 0.3) is 16.9 Å². The molecule has 124 valence electrons. The Morgan fingerprint density at radius 3 is 2.46 bits per heavy atom. The average molecular weight is 337 g/mol. The van der Waals surface area contributed by atoms with Crippen molar-refractivity contribution in [3.8, 4) is 17.0 Å². The summed E-state index contributed by atoms with van der Waals surface area (Å²) >= 11 is 0. The third kappa shape index (κ3) is 2.64. The Kier molecular flexibility index (Phi) is 3.63. The summed E-state index contributed by atoms with van der Waals surface area (Å²) in [6.45, 7) is 0. The number of rotatable bonds is 3. The summed E-state index contributed by atoms with van der Waals surface area (Å²) in [5.74, 6) is -0.871. The number of fused-ring (bicyclic) bond motifs is 1. The van der Waals surface area contributed by atoms with Crippen LogP contribution in [-0.4, -0.2) is 32.8 Å². The molecule has 3 aromatic rings. The van der Waals surface area contributed by atoms with Crippen LogP contribution in [0.4, 0.5) is 13.2 Å². The van der Waals surface area contributed by atoms with Crippen molar-refractivity contribution < 1.29 is 27.8 Å². The molecular weight excluding hydrogens is 327 g/mol. The van der Waals surface area contributed by atoms with Gasteiger partial charge in [0.25, 0.3) is 0 Å². The van der Waals surface area contributed by atoms with E-state index in [2.05, 4.69) is 10.1 Å². The van der Waals surface area contributed by atoms with Gasteiger partial charge in [-0.15, -0.1) is 0 Å². The van der Waals surface area contributed by atoms with E-state index >= 15 is 0 Å². The summed E-state index contributed by atoms with van der Waals surface area (Å²) < 4.78 is 45.3. The third-order valence-corrected chi connectivity index (χ3v) is 3.38. The maximum absolute atomic E-state index is 13.3. The first kappa shape index (κ1) is 15.8. The van der Waals surface area contributed by atoms with Gasteiger partial charge in [-0.05, 0) is 30.3 Å². The Bertz CT molecular complexity index is 917. The van der Waals surface area contributed by atoms with Crippen LogP contribution in [0.5, 0.6) is 5.75 Å². The standard InChI is InChI=1S/C15H10F3N3O3/c1-24-9-4-2-8(3-5-9)11-6-12(15(16,17)18)21-13(20-11)10(7-19-21)14(22)23/h2-7H,1H3,(H,22,23). The normalized spacial score (nSPS) is 11.7. The van der Waals surface area contributed by atoms with Crippen molar-refractivity contribution in [2.75, 3.05) is 7.11 Å². The van der Waals surface area contributed by atoms with Crippen molar-refractivity contribution in [2.45, 2.75) is 6.18 Å². The molecule has 0 atom stereocenters. The molecule has 9 heteroatoms. The van der Waals surface area contributed by atoms with Crippen LogP contribution in [0.3, 0.4) is 0 Å². The number of hydrogen-bond acceptors (Lipinski definition) is 4. The summed E-state index contributed by atoms with van der Waals surface area (Å²) in [6, 6.07) is 7.04. The van der Waals surface area contributed by atoms with Gasteiger partial charge in [-0.2, -0.15) is 18.3 Å². The molecule has 0 unspecified atom stereocenters. The number of ether oxygens (including phenoxy) is 1. The maximum Gasteiger partial charge on any atom is 0.433 e. The second kappa shape index (κ2) is 5.52. The number of halogens is 3. The Hall–Kier alpha value is -3.10. The highest BCUT2D eigenvalue weighted by molar-refractivity contribution is 5.94. The molecular formula is C15H10F3N3O3. The van der Waals surface area contributed by atoms with E-state index in [1.807, 2.05) is 0 Å². The van der Waals surface area contributed by atoms with E-state index in [1.54, 1.807) is 12.1 Å². The number of carboxylic acid groups (broad SMARTS) is 1. The van der Waals surface area contributed by atoms with Gasteiger partial charge in [-0.3, -0.25) is 0 Å². The minimum absolute atomic E-state index is 0.0134. The van der Waals surface area contributed by atoms with Gasteiger partial charge in [-0.1, -0.05) is 0 Å². The molecule has 0 saturated carbocycles. The SMILES string of the molecule is COc1ccc(-c2cc(C(F)(F)F)n3ncc(C(=O)O)c3n2)cc1. The van der Waals surface area contributed by atoms with Gasteiger partial charge < -0.3 is 9.84 Å². The second-order valence-corrected chi connectivity index (χ2v) is 4.85. The minimum atomic E-state index is -4.72. The molecule has 0 fully saturated rings. The van der Waals surface area contributed by atoms with E-state index in [0.29, 0.717) is 15.8 Å². The fraction of sp³-hybridized carbons (Fsp3) is 0.133. The molecule has 1 aromatic carbocycles. The molecule has 0 aliphatic heterocycles. The van der Waals surface area contributed by atoms with Gasteiger partial charge in [0.1, 0.15) is 11.3 Å². The number of carbonyl (C=O) groups is 1. The minimum Gasteiger partial charge on any atom is -0.497 e. The molecule has 2 aromatic heterocycles. The lowest BCUT2D eigenvalue weighted by Crippen LogP contribution is -2.14. The summed E-state index contributed by atoms with van der Waals surface area (Å²) in [6.07, 6.45) is -3.87. The summed E-state index contributed by atoms with van der Waals surface area (Å²) in [4.78, 5) is 15.2. The quantitative estimate of drug-likeness (QED) is 0.795. The van der Waals surface area contributed by atoms with E-state index in [-0.39, 0.29) is 11.3 Å². The van der Waals surface area contributed by atoms with Gasteiger partial charge in [0.2, 0.25) is 0 Å². The largest absolute Gasteiger partial charge is 0.497 e. The highest BCUT2D eigenvalue weighted by Gasteiger charge is 2.36. The Morgan fingerprint density at radius 1 is 1.25 bits per heavy atom. The highest BCUT2D eigenvalue weighted by Crippen LogP contribution is 2.33. The van der Waals surface area contributed by atoms with Crippen LogP contribution in [-0.2, 0) is 6.18 Å². The van der Waals surface area contributed by atoms with Crippen molar-refractivity contribution in [1.82, 2.24) is 14.6 Å². The highest BCUT2D eigenvalue weighted by atomic mass is 19.4. The first-order valence-electron chi connectivity index (χ1n) is 6.65.